The fourth-order valence-electron chi connectivity index (χ4n) is 14.0. The van der Waals surface area contributed by atoms with Crippen LogP contribution in [0.4, 0.5) is 0 Å². The van der Waals surface area contributed by atoms with Crippen LogP contribution in [0.1, 0.15) is 335 Å². The Morgan fingerprint density at radius 2 is 0.650 bits per heavy atom. The van der Waals surface area contributed by atoms with Gasteiger partial charge < -0.3 is 89.9 Å². The molecule has 3 aliphatic heterocycles. The van der Waals surface area contributed by atoms with Gasteiger partial charge in [0.15, 0.2) is 18.9 Å². The summed E-state index contributed by atoms with van der Waals surface area (Å²) in [5, 5.41) is 121. The number of carbonyl (C=O) groups excluding carboxylic acids is 1. The zero-order valence-electron chi connectivity index (χ0n) is 64.5. The van der Waals surface area contributed by atoms with Gasteiger partial charge in [0.25, 0.3) is 0 Å². The number of aliphatic hydroxyl groups excluding tert-OH is 11. The van der Waals surface area contributed by atoms with Crippen LogP contribution < -0.4 is 5.32 Å². The monoisotopic (exact) mass is 1460 g/mol. The highest BCUT2D eigenvalue weighted by molar-refractivity contribution is 5.76. The summed E-state index contributed by atoms with van der Waals surface area (Å²) in [5.41, 5.74) is 0. The second kappa shape index (κ2) is 64.3. The summed E-state index contributed by atoms with van der Waals surface area (Å²) < 4.78 is 34.4. The van der Waals surface area contributed by atoms with Gasteiger partial charge in [-0.3, -0.25) is 4.79 Å². The molecule has 0 aromatic rings. The Morgan fingerprint density at radius 3 is 1.04 bits per heavy atom. The Labute approximate surface area is 624 Å². The smallest absolute Gasteiger partial charge is 0.220 e. The number of carbonyl (C=O) groups is 1. The molecule has 3 saturated heterocycles. The summed E-state index contributed by atoms with van der Waals surface area (Å²) >= 11 is 0. The SMILES string of the molecule is CCCCCCC/C=C\C/C=C\C/C=C\CCCCCCCCCCCCCCCCCCCCCCCCC(=O)NC(COC1OC(CO)C(OC2OC(CO)C(OC3OC(CO)C(O)C(O)C3O)C(O)C2O)C(O)C1O)C(O)/C=C/CC/C=C/CCCCCCCCCCCCCCCCC. The quantitative estimate of drug-likeness (QED) is 0.0199. The van der Waals surface area contributed by atoms with Crippen LogP contribution in [0.5, 0.6) is 0 Å². The van der Waals surface area contributed by atoms with E-state index in [1.807, 2.05) is 6.08 Å². The molecule has 0 aromatic carbocycles. The number of hydrogen-bond acceptors (Lipinski definition) is 18. The molecule has 3 fully saturated rings. The fourth-order valence-corrected chi connectivity index (χ4v) is 14.0. The van der Waals surface area contributed by atoms with Crippen molar-refractivity contribution in [2.75, 3.05) is 26.4 Å². The molecule has 0 bridgehead atoms. The number of unbranched alkanes of at least 4 members (excludes halogenated alkanes) is 43. The molecule has 0 saturated carbocycles. The maximum atomic E-state index is 13.5. The maximum Gasteiger partial charge on any atom is 0.220 e. The van der Waals surface area contributed by atoms with Crippen LogP contribution in [-0.4, -0.2) is 193 Å². The van der Waals surface area contributed by atoms with Crippen LogP contribution in [0.15, 0.2) is 60.8 Å². The van der Waals surface area contributed by atoms with E-state index in [-0.39, 0.29) is 18.9 Å². The highest BCUT2D eigenvalue weighted by Crippen LogP contribution is 2.33. The largest absolute Gasteiger partial charge is 0.394 e. The first kappa shape index (κ1) is 94.7. The van der Waals surface area contributed by atoms with Crippen LogP contribution in [-0.2, 0) is 33.2 Å². The lowest BCUT2D eigenvalue weighted by Gasteiger charge is -2.48. The van der Waals surface area contributed by atoms with Crippen molar-refractivity contribution in [2.24, 2.45) is 0 Å². The third-order valence-electron chi connectivity index (χ3n) is 20.8. The third-order valence-corrected chi connectivity index (χ3v) is 20.8. The summed E-state index contributed by atoms with van der Waals surface area (Å²) in [4.78, 5) is 13.5. The number of allylic oxidation sites excluding steroid dienone is 9. The van der Waals surface area contributed by atoms with E-state index in [0.29, 0.717) is 12.8 Å². The number of hydrogen-bond donors (Lipinski definition) is 12. The van der Waals surface area contributed by atoms with E-state index in [1.165, 1.54) is 250 Å². The number of amides is 1. The lowest BCUT2D eigenvalue weighted by Crippen LogP contribution is -2.66. The molecule has 3 aliphatic rings. The van der Waals surface area contributed by atoms with E-state index < -0.39 is 124 Å². The van der Waals surface area contributed by atoms with E-state index in [1.54, 1.807) is 6.08 Å². The molecule has 1 amide bonds. The average Bonchev–Trinajstić information content (AvgIpc) is 0.781. The minimum atomic E-state index is -1.98. The number of ether oxygens (including phenoxy) is 6. The van der Waals surface area contributed by atoms with Crippen molar-refractivity contribution in [3.05, 3.63) is 60.8 Å². The average molecular weight is 1470 g/mol. The topological polar surface area (TPSA) is 307 Å². The van der Waals surface area contributed by atoms with Gasteiger partial charge in [-0.1, -0.05) is 319 Å². The van der Waals surface area contributed by atoms with Crippen LogP contribution in [0.25, 0.3) is 0 Å². The Hall–Kier alpha value is -2.51. The van der Waals surface area contributed by atoms with Gasteiger partial charge in [0.05, 0.1) is 38.6 Å². The molecule has 19 nitrogen and oxygen atoms in total. The summed E-state index contributed by atoms with van der Waals surface area (Å²) in [7, 11) is 0. The molecule has 19 heteroatoms. The van der Waals surface area contributed by atoms with Crippen LogP contribution >= 0.6 is 0 Å². The first-order valence-corrected chi connectivity index (χ1v) is 42.0. The van der Waals surface area contributed by atoms with Crippen molar-refractivity contribution in [1.82, 2.24) is 5.32 Å². The minimum Gasteiger partial charge on any atom is -0.394 e. The normalized spacial score (nSPS) is 26.3. The van der Waals surface area contributed by atoms with Crippen molar-refractivity contribution in [3.63, 3.8) is 0 Å². The van der Waals surface area contributed by atoms with Crippen LogP contribution in [0.2, 0.25) is 0 Å². The van der Waals surface area contributed by atoms with Crippen molar-refractivity contribution < 1.29 is 89.4 Å². The van der Waals surface area contributed by atoms with Crippen molar-refractivity contribution >= 4 is 5.91 Å². The highest BCUT2D eigenvalue weighted by atomic mass is 16.8. The van der Waals surface area contributed by atoms with Gasteiger partial charge in [-0.2, -0.15) is 0 Å². The van der Waals surface area contributed by atoms with Crippen molar-refractivity contribution in [2.45, 2.75) is 439 Å². The maximum absolute atomic E-state index is 13.5. The summed E-state index contributed by atoms with van der Waals surface area (Å²) in [6.45, 7) is 1.75. The van der Waals surface area contributed by atoms with E-state index in [4.69, 9.17) is 28.4 Å². The van der Waals surface area contributed by atoms with E-state index >= 15 is 0 Å². The molecule has 12 N–H and O–H groups in total. The van der Waals surface area contributed by atoms with Gasteiger partial charge in [-0.15, -0.1) is 0 Å². The zero-order chi connectivity index (χ0) is 74.6. The first-order chi connectivity index (χ1) is 50.3. The molecule has 0 aliphatic carbocycles. The van der Waals surface area contributed by atoms with E-state index in [2.05, 4.69) is 67.8 Å². The Balaban J connectivity index is 1.33. The molecular formula is C84H153NO18. The minimum absolute atomic E-state index is 0.237. The summed E-state index contributed by atoms with van der Waals surface area (Å²) in [5.74, 6) is -0.280. The Bertz CT molecular complexity index is 2090. The molecule has 3 rings (SSSR count). The second-order valence-electron chi connectivity index (χ2n) is 29.9. The molecule has 3 heterocycles. The molecule has 0 radical (unpaired) electrons. The van der Waals surface area contributed by atoms with Gasteiger partial charge in [-0.05, 0) is 70.6 Å². The van der Waals surface area contributed by atoms with E-state index in [0.717, 1.165) is 51.4 Å². The van der Waals surface area contributed by atoms with Gasteiger partial charge in [0.2, 0.25) is 5.91 Å². The standard InChI is InChI=1S/C84H153NO18/c1-3-5-7-9-11-13-15-17-19-21-23-25-26-27-28-29-30-31-32-33-34-35-36-37-38-39-40-42-44-46-48-50-52-54-56-58-60-62-72(90)85-67(68(89)61-59-57-55-53-51-49-47-45-43-41-24-22-20-18-16-14-12-10-8-6-4-2)66-98-82-78(96)75(93)80(70(64-87)100-82)103-84-79(97)76(94)81(71(65-88)101-84)102-83-77(95)74(92)73(91)69(63-86)99-83/h15,17,21,23,26-27,51,53,59,61,67-71,73-84,86-89,91-97H,3-14,16,18-20,22,24-25,28-50,52,54-58,60,62-66H2,1-2H3,(H,85,90)/b17-15-,23-21-,27-26-,53-51+,61-59+. The van der Waals surface area contributed by atoms with Crippen LogP contribution in [0.3, 0.4) is 0 Å². The van der Waals surface area contributed by atoms with Gasteiger partial charge in [-0.25, -0.2) is 0 Å². The molecule has 0 aromatic heterocycles. The van der Waals surface area contributed by atoms with Crippen molar-refractivity contribution in [3.8, 4) is 0 Å². The third kappa shape index (κ3) is 44.1. The highest BCUT2D eigenvalue weighted by Gasteiger charge is 2.54. The Kier molecular flexibility index (Phi) is 59.1. The number of nitrogens with one attached hydrogen (secondary N) is 1. The zero-order valence-corrected chi connectivity index (χ0v) is 64.5. The van der Waals surface area contributed by atoms with Crippen molar-refractivity contribution in [1.29, 1.82) is 0 Å². The number of aliphatic hydroxyl groups is 11. The van der Waals surface area contributed by atoms with Crippen LogP contribution in [0, 0.1) is 0 Å². The predicted molar refractivity (Wildman–Crippen MR) is 411 cm³/mol. The summed E-state index contributed by atoms with van der Waals surface area (Å²) in [6.07, 6.45) is 56.5. The van der Waals surface area contributed by atoms with Gasteiger partial charge >= 0.3 is 0 Å². The Morgan fingerprint density at radius 1 is 0.350 bits per heavy atom. The van der Waals surface area contributed by atoms with E-state index in [9.17, 15) is 61.0 Å². The molecule has 17 atom stereocenters. The number of rotatable bonds is 67. The second-order valence-corrected chi connectivity index (χ2v) is 29.9. The fraction of sp³-hybridized carbons (Fsp3) is 0.869. The van der Waals surface area contributed by atoms with Gasteiger partial charge in [0.1, 0.15) is 73.2 Å². The molecule has 602 valence electrons. The lowest BCUT2D eigenvalue weighted by atomic mass is 9.96. The summed E-state index contributed by atoms with van der Waals surface area (Å²) in [6, 6.07) is -0.991. The predicted octanol–water partition coefficient (Wildman–Crippen LogP) is 14.6. The molecule has 17 unspecified atom stereocenters. The molecule has 103 heavy (non-hydrogen) atoms. The first-order valence-electron chi connectivity index (χ1n) is 42.0. The lowest BCUT2D eigenvalue weighted by molar-refractivity contribution is -0.379. The van der Waals surface area contributed by atoms with Gasteiger partial charge in [0, 0.05) is 6.42 Å². The molecule has 0 spiro atoms. The molecular weight excluding hydrogens is 1310 g/mol.